The van der Waals surface area contributed by atoms with Crippen LogP contribution in [0.15, 0.2) is 24.4 Å². The number of rotatable bonds is 7. The number of thiazole rings is 1. The Morgan fingerprint density at radius 2 is 1.90 bits per heavy atom. The van der Waals surface area contributed by atoms with Crippen LogP contribution in [0, 0.1) is 13.8 Å². The SMILES string of the molecule is CNc1nc2cc(-c3cc(C)c4c(c3)CN(c3nc(CNCC(F)(F)F)nc(C)c3C(C)C)CCO4)cnc2s1. The van der Waals surface area contributed by atoms with Gasteiger partial charge in [0.1, 0.15) is 34.3 Å². The number of fused-ring (bicyclic) bond motifs is 2. The molecule has 40 heavy (non-hydrogen) atoms. The van der Waals surface area contributed by atoms with E-state index in [1.807, 2.05) is 33.2 Å². The molecule has 0 aliphatic carbocycles. The van der Waals surface area contributed by atoms with Crippen LogP contribution in [-0.4, -0.2) is 52.9 Å². The quantitative estimate of drug-likeness (QED) is 0.280. The first-order valence-electron chi connectivity index (χ1n) is 13.1. The maximum Gasteiger partial charge on any atom is 0.401 e. The number of aromatic nitrogens is 4. The van der Waals surface area contributed by atoms with Crippen molar-refractivity contribution in [3.05, 3.63) is 52.6 Å². The second kappa shape index (κ2) is 11.2. The summed E-state index contributed by atoms with van der Waals surface area (Å²) in [5.74, 6) is 2.04. The molecule has 4 heterocycles. The highest BCUT2D eigenvalue weighted by Gasteiger charge is 2.27. The van der Waals surface area contributed by atoms with Gasteiger partial charge in [0.2, 0.25) is 0 Å². The van der Waals surface area contributed by atoms with E-state index in [1.54, 1.807) is 0 Å². The minimum Gasteiger partial charge on any atom is -0.491 e. The molecule has 0 saturated heterocycles. The van der Waals surface area contributed by atoms with E-state index in [-0.39, 0.29) is 12.5 Å². The number of ether oxygens (including phenoxy) is 1. The van der Waals surface area contributed by atoms with E-state index in [0.717, 1.165) is 60.6 Å². The largest absolute Gasteiger partial charge is 0.491 e. The predicted molar refractivity (Wildman–Crippen MR) is 152 cm³/mol. The first-order valence-corrected chi connectivity index (χ1v) is 13.9. The molecule has 4 aromatic rings. The van der Waals surface area contributed by atoms with Crippen molar-refractivity contribution in [3.8, 4) is 16.9 Å². The van der Waals surface area contributed by atoms with Crippen molar-refractivity contribution in [1.82, 2.24) is 25.3 Å². The number of nitrogens with one attached hydrogen (secondary N) is 2. The Hall–Kier alpha value is -3.51. The van der Waals surface area contributed by atoms with E-state index in [9.17, 15) is 13.2 Å². The van der Waals surface area contributed by atoms with Crippen LogP contribution in [-0.2, 0) is 13.1 Å². The topological polar surface area (TPSA) is 88.1 Å². The van der Waals surface area contributed by atoms with Crippen molar-refractivity contribution < 1.29 is 17.9 Å². The third kappa shape index (κ3) is 5.97. The third-order valence-electron chi connectivity index (χ3n) is 6.76. The Balaban J connectivity index is 1.50. The highest BCUT2D eigenvalue weighted by molar-refractivity contribution is 7.21. The highest BCUT2D eigenvalue weighted by atomic mass is 32.1. The average Bonchev–Trinajstić information content (AvgIpc) is 3.17. The Bertz CT molecular complexity index is 1540. The third-order valence-corrected chi connectivity index (χ3v) is 7.76. The molecule has 0 bridgehead atoms. The fraction of sp³-hybridized carbons (Fsp3) is 0.429. The van der Waals surface area contributed by atoms with E-state index in [0.29, 0.717) is 25.5 Å². The summed E-state index contributed by atoms with van der Waals surface area (Å²) in [6, 6.07) is 6.26. The summed E-state index contributed by atoms with van der Waals surface area (Å²) in [4.78, 5) is 21.5. The lowest BCUT2D eigenvalue weighted by Gasteiger charge is -2.27. The Kier molecular flexibility index (Phi) is 7.83. The molecule has 0 radical (unpaired) electrons. The minimum absolute atomic E-state index is 0.0722. The number of nitrogens with zero attached hydrogens (tertiary/aromatic N) is 5. The fourth-order valence-electron chi connectivity index (χ4n) is 5.08. The molecule has 0 unspecified atom stereocenters. The Labute approximate surface area is 235 Å². The maximum atomic E-state index is 12.7. The van der Waals surface area contributed by atoms with Gasteiger partial charge in [0.05, 0.1) is 19.6 Å². The number of hydrogen-bond acceptors (Lipinski definition) is 9. The van der Waals surface area contributed by atoms with Crippen molar-refractivity contribution in [2.75, 3.05) is 37.0 Å². The first-order chi connectivity index (χ1) is 19.0. The molecule has 212 valence electrons. The number of aryl methyl sites for hydroxylation is 2. The van der Waals surface area contributed by atoms with Gasteiger partial charge in [-0.3, -0.25) is 0 Å². The van der Waals surface area contributed by atoms with Gasteiger partial charge < -0.3 is 20.3 Å². The van der Waals surface area contributed by atoms with Crippen LogP contribution in [0.2, 0.25) is 0 Å². The molecule has 2 N–H and O–H groups in total. The van der Waals surface area contributed by atoms with Crippen LogP contribution in [0.3, 0.4) is 0 Å². The summed E-state index contributed by atoms with van der Waals surface area (Å²) in [6.45, 7) is 8.46. The van der Waals surface area contributed by atoms with Crippen molar-refractivity contribution in [2.24, 2.45) is 0 Å². The standard InChI is InChI=1S/C28H32F3N7OS/c1-15(2)23-17(4)35-22(12-33-14-28(29,30)31)37-25(23)38-6-7-39-24-16(3)8-18(9-20(24)13-38)19-10-21-26(34-11-19)40-27(32-5)36-21/h8-11,15,33H,6-7,12-14H2,1-5H3,(H,32,36). The number of hydrogen-bond donors (Lipinski definition) is 2. The molecule has 0 amide bonds. The van der Waals surface area contributed by atoms with Crippen LogP contribution in [0.5, 0.6) is 5.75 Å². The van der Waals surface area contributed by atoms with Gasteiger partial charge in [-0.15, -0.1) is 0 Å². The van der Waals surface area contributed by atoms with Crippen LogP contribution in [0.1, 0.15) is 48.0 Å². The molecule has 0 fully saturated rings. The van der Waals surface area contributed by atoms with Crippen LogP contribution >= 0.6 is 11.3 Å². The zero-order chi connectivity index (χ0) is 28.6. The number of halogens is 3. The molecule has 8 nitrogen and oxygen atoms in total. The molecule has 12 heteroatoms. The van der Waals surface area contributed by atoms with E-state index < -0.39 is 12.7 Å². The fourth-order valence-corrected chi connectivity index (χ4v) is 5.83. The van der Waals surface area contributed by atoms with Crippen molar-refractivity contribution in [3.63, 3.8) is 0 Å². The molecule has 1 aliphatic rings. The molecule has 0 saturated carbocycles. The number of benzene rings is 1. The molecule has 0 atom stereocenters. The number of pyridine rings is 1. The minimum atomic E-state index is -4.30. The van der Waals surface area contributed by atoms with Crippen LogP contribution < -0.4 is 20.3 Å². The van der Waals surface area contributed by atoms with E-state index >= 15 is 0 Å². The van der Waals surface area contributed by atoms with E-state index in [4.69, 9.17) is 9.72 Å². The summed E-state index contributed by atoms with van der Waals surface area (Å²) >= 11 is 1.51. The number of anilines is 2. The van der Waals surface area contributed by atoms with Gasteiger partial charge in [0.25, 0.3) is 0 Å². The van der Waals surface area contributed by atoms with Crippen molar-refractivity contribution in [2.45, 2.75) is 52.9 Å². The molecule has 5 rings (SSSR count). The van der Waals surface area contributed by atoms with Crippen molar-refractivity contribution >= 4 is 32.6 Å². The second-order valence-corrected chi connectivity index (χ2v) is 11.2. The molecular weight excluding hydrogens is 539 g/mol. The summed E-state index contributed by atoms with van der Waals surface area (Å²) in [7, 11) is 1.84. The monoisotopic (exact) mass is 571 g/mol. The van der Waals surface area contributed by atoms with Crippen LogP contribution in [0.4, 0.5) is 24.1 Å². The van der Waals surface area contributed by atoms with Gasteiger partial charge in [-0.05, 0) is 49.1 Å². The summed E-state index contributed by atoms with van der Waals surface area (Å²) in [6.07, 6.45) is -2.44. The van der Waals surface area contributed by atoms with E-state index in [2.05, 4.69) is 56.5 Å². The Morgan fingerprint density at radius 3 is 2.62 bits per heavy atom. The molecule has 1 aromatic carbocycles. The zero-order valence-electron chi connectivity index (χ0n) is 23.1. The second-order valence-electron chi connectivity index (χ2n) is 10.2. The van der Waals surface area contributed by atoms with E-state index in [1.165, 1.54) is 11.3 Å². The zero-order valence-corrected chi connectivity index (χ0v) is 23.9. The van der Waals surface area contributed by atoms with Gasteiger partial charge in [0, 0.05) is 42.2 Å². The lowest BCUT2D eigenvalue weighted by molar-refractivity contribution is -0.125. The highest BCUT2D eigenvalue weighted by Crippen LogP contribution is 2.37. The van der Waals surface area contributed by atoms with Gasteiger partial charge in [-0.1, -0.05) is 25.2 Å². The van der Waals surface area contributed by atoms with Gasteiger partial charge in [-0.25, -0.2) is 19.9 Å². The Morgan fingerprint density at radius 1 is 1.10 bits per heavy atom. The lowest BCUT2D eigenvalue weighted by atomic mass is 9.99. The normalized spacial score (nSPS) is 13.9. The maximum absolute atomic E-state index is 12.7. The summed E-state index contributed by atoms with van der Waals surface area (Å²) in [5.41, 5.74) is 6.57. The predicted octanol–water partition coefficient (Wildman–Crippen LogP) is 5.98. The summed E-state index contributed by atoms with van der Waals surface area (Å²) < 4.78 is 44.3. The first kappa shape index (κ1) is 28.0. The molecule has 0 spiro atoms. The van der Waals surface area contributed by atoms with Gasteiger partial charge >= 0.3 is 6.18 Å². The number of alkyl halides is 3. The molecule has 1 aliphatic heterocycles. The van der Waals surface area contributed by atoms with Crippen LogP contribution in [0.25, 0.3) is 21.5 Å². The van der Waals surface area contributed by atoms with Gasteiger partial charge in [-0.2, -0.15) is 13.2 Å². The smallest absolute Gasteiger partial charge is 0.401 e. The van der Waals surface area contributed by atoms with Crippen molar-refractivity contribution in [1.29, 1.82) is 0 Å². The summed E-state index contributed by atoms with van der Waals surface area (Å²) in [5, 5.41) is 6.31. The lowest BCUT2D eigenvalue weighted by Crippen LogP contribution is -2.31. The average molecular weight is 572 g/mol. The molecule has 3 aromatic heterocycles. The van der Waals surface area contributed by atoms with Gasteiger partial charge in [0.15, 0.2) is 5.13 Å². The molecular formula is C28H32F3N7OS.